The molecule has 1 aromatic rings. The van der Waals surface area contributed by atoms with E-state index in [9.17, 15) is 24.3 Å². The third kappa shape index (κ3) is 2.44. The summed E-state index contributed by atoms with van der Waals surface area (Å²) < 4.78 is 6.26. The highest BCUT2D eigenvalue weighted by Gasteiger charge is 2.66. The van der Waals surface area contributed by atoms with Gasteiger partial charge in [0.25, 0.3) is 11.5 Å². The van der Waals surface area contributed by atoms with Crippen LogP contribution in [0.2, 0.25) is 0 Å². The summed E-state index contributed by atoms with van der Waals surface area (Å²) >= 11 is 0. The van der Waals surface area contributed by atoms with Crippen LogP contribution < -0.4 is 16.6 Å². The molecule has 2 atom stereocenters. The van der Waals surface area contributed by atoms with E-state index in [-0.39, 0.29) is 18.1 Å². The molecule has 0 aromatic carbocycles. The number of ether oxygens (including phenoxy) is 1. The molecule has 0 radical (unpaired) electrons. The maximum Gasteiger partial charge on any atom is 0.330 e. The van der Waals surface area contributed by atoms with E-state index < -0.39 is 34.1 Å². The summed E-state index contributed by atoms with van der Waals surface area (Å²) in [7, 11) is 1.23. The van der Waals surface area contributed by atoms with Crippen LogP contribution in [0.15, 0.2) is 15.8 Å². The van der Waals surface area contributed by atoms with Crippen molar-refractivity contribution in [3.05, 3.63) is 32.6 Å². The van der Waals surface area contributed by atoms with Crippen LogP contribution >= 0.6 is 0 Å². The molecule has 2 rings (SSSR count). The van der Waals surface area contributed by atoms with Crippen LogP contribution in [0.5, 0.6) is 0 Å². The summed E-state index contributed by atoms with van der Waals surface area (Å²) in [5.74, 6) is -2.05. The summed E-state index contributed by atoms with van der Waals surface area (Å²) in [6.07, 6.45) is 0.761. The average molecular weight is 339 g/mol. The first-order valence-electron chi connectivity index (χ1n) is 7.54. The molecule has 1 aliphatic carbocycles. The molecule has 1 aromatic heterocycles. The van der Waals surface area contributed by atoms with Gasteiger partial charge in [0.2, 0.25) is 0 Å². The van der Waals surface area contributed by atoms with Crippen molar-refractivity contribution < 1.29 is 19.4 Å². The van der Waals surface area contributed by atoms with Gasteiger partial charge in [-0.3, -0.25) is 14.2 Å². The third-order valence-corrected chi connectivity index (χ3v) is 4.88. The summed E-state index contributed by atoms with van der Waals surface area (Å²) in [5.41, 5.74) is -4.20. The minimum atomic E-state index is -1.55. The fourth-order valence-corrected chi connectivity index (χ4v) is 3.03. The second kappa shape index (κ2) is 5.90. The highest BCUT2D eigenvalue weighted by molar-refractivity contribution is 5.98. The molecule has 1 fully saturated rings. The van der Waals surface area contributed by atoms with Crippen LogP contribution in [-0.2, 0) is 16.6 Å². The van der Waals surface area contributed by atoms with Gasteiger partial charge in [0.1, 0.15) is 11.1 Å². The van der Waals surface area contributed by atoms with E-state index in [1.807, 2.05) is 0 Å². The van der Waals surface area contributed by atoms with E-state index in [4.69, 9.17) is 4.74 Å². The lowest BCUT2D eigenvalue weighted by molar-refractivity contribution is -0.190. The van der Waals surface area contributed by atoms with E-state index in [0.29, 0.717) is 6.61 Å². The number of aliphatic carboxylic acids is 1. The van der Waals surface area contributed by atoms with Gasteiger partial charge in [-0.1, -0.05) is 13.8 Å². The maximum atomic E-state index is 12.4. The molecular formula is C15H21N3O6. The van der Waals surface area contributed by atoms with E-state index in [2.05, 4.69) is 10.3 Å². The van der Waals surface area contributed by atoms with E-state index in [1.165, 1.54) is 7.05 Å². The number of hydrogen-bond donors (Lipinski definition) is 3. The van der Waals surface area contributed by atoms with Gasteiger partial charge >= 0.3 is 11.7 Å². The van der Waals surface area contributed by atoms with Gasteiger partial charge < -0.3 is 20.1 Å². The lowest BCUT2D eigenvalue weighted by atomic mass is 9.54. The number of nitrogens with one attached hydrogen (secondary N) is 2. The van der Waals surface area contributed by atoms with Gasteiger partial charge in [-0.05, 0) is 6.92 Å². The smallest absolute Gasteiger partial charge is 0.330 e. The molecule has 24 heavy (non-hydrogen) atoms. The number of hydrogen-bond acceptors (Lipinski definition) is 5. The monoisotopic (exact) mass is 339 g/mol. The Kier molecular flexibility index (Phi) is 4.40. The largest absolute Gasteiger partial charge is 0.479 e. The number of aromatic nitrogens is 2. The average Bonchev–Trinajstić information content (AvgIpc) is 2.50. The Balaban J connectivity index is 2.36. The van der Waals surface area contributed by atoms with Gasteiger partial charge in [0, 0.05) is 31.7 Å². The molecule has 0 unspecified atom stereocenters. The van der Waals surface area contributed by atoms with Crippen molar-refractivity contribution in [2.45, 2.75) is 38.8 Å². The molecule has 0 bridgehead atoms. The molecule has 1 heterocycles. The van der Waals surface area contributed by atoms with Crippen molar-refractivity contribution in [2.24, 2.45) is 12.5 Å². The quantitative estimate of drug-likeness (QED) is 0.660. The van der Waals surface area contributed by atoms with Crippen molar-refractivity contribution in [3.63, 3.8) is 0 Å². The Bertz CT molecular complexity index is 793. The van der Waals surface area contributed by atoms with Crippen LogP contribution in [0.4, 0.5) is 0 Å². The number of carboxylic acid groups (broad SMARTS) is 1. The zero-order chi connectivity index (χ0) is 18.3. The van der Waals surface area contributed by atoms with Crippen LogP contribution in [-0.4, -0.2) is 44.8 Å². The van der Waals surface area contributed by atoms with E-state index >= 15 is 0 Å². The number of rotatable bonds is 5. The first kappa shape index (κ1) is 17.9. The molecule has 0 saturated heterocycles. The Morgan fingerprint density at radius 1 is 1.46 bits per heavy atom. The summed E-state index contributed by atoms with van der Waals surface area (Å²) in [6, 6.07) is 0. The molecule has 9 nitrogen and oxygen atoms in total. The third-order valence-electron chi connectivity index (χ3n) is 4.88. The normalized spacial score (nSPS) is 24.9. The number of nitrogens with zero attached hydrogens (tertiary/aromatic N) is 1. The first-order valence-corrected chi connectivity index (χ1v) is 7.54. The maximum absolute atomic E-state index is 12.4. The van der Waals surface area contributed by atoms with Gasteiger partial charge in [0.15, 0.2) is 0 Å². The Morgan fingerprint density at radius 3 is 2.58 bits per heavy atom. The van der Waals surface area contributed by atoms with Crippen molar-refractivity contribution in [1.82, 2.24) is 14.9 Å². The second-order valence-corrected chi connectivity index (χ2v) is 6.41. The molecule has 1 amide bonds. The van der Waals surface area contributed by atoms with Gasteiger partial charge in [-0.2, -0.15) is 0 Å². The number of carbonyl (C=O) groups excluding carboxylic acids is 1. The van der Waals surface area contributed by atoms with E-state index in [1.54, 1.807) is 20.8 Å². The van der Waals surface area contributed by atoms with Crippen molar-refractivity contribution in [3.8, 4) is 0 Å². The molecule has 9 heteroatoms. The Labute approximate surface area is 137 Å². The standard InChI is InChI=1S/C15H21N3O6/c1-5-24-9-6-15(12(21)22,14(9,2)3)17-10(19)8-7-16-13(23)18(4)11(8)20/h7,9H,5-6H2,1-4H3,(H,16,23)(H,17,19)(H,21,22)/t9-,15+/m0/s1. The topological polar surface area (TPSA) is 130 Å². The fraction of sp³-hybridized carbons (Fsp3) is 0.600. The number of aromatic amines is 1. The predicted molar refractivity (Wildman–Crippen MR) is 83.9 cm³/mol. The van der Waals surface area contributed by atoms with Crippen molar-refractivity contribution in [1.29, 1.82) is 0 Å². The molecule has 0 aliphatic heterocycles. The molecular weight excluding hydrogens is 318 g/mol. The lowest BCUT2D eigenvalue weighted by Gasteiger charge is -2.58. The number of H-pyrrole nitrogens is 1. The molecule has 3 N–H and O–H groups in total. The fourth-order valence-electron chi connectivity index (χ4n) is 3.03. The van der Waals surface area contributed by atoms with Crippen LogP contribution in [0.3, 0.4) is 0 Å². The molecule has 1 saturated carbocycles. The van der Waals surface area contributed by atoms with Gasteiger partial charge in [0.05, 0.1) is 6.10 Å². The van der Waals surface area contributed by atoms with Crippen LogP contribution in [0.25, 0.3) is 0 Å². The van der Waals surface area contributed by atoms with Gasteiger partial charge in [-0.15, -0.1) is 0 Å². The lowest BCUT2D eigenvalue weighted by Crippen LogP contribution is -2.76. The Morgan fingerprint density at radius 2 is 2.08 bits per heavy atom. The van der Waals surface area contributed by atoms with E-state index in [0.717, 1.165) is 10.8 Å². The van der Waals surface area contributed by atoms with Crippen LogP contribution in [0.1, 0.15) is 37.6 Å². The molecule has 1 aliphatic rings. The number of carboxylic acids is 1. The predicted octanol–water partition coefficient (Wildman–Crippen LogP) is -0.538. The molecule has 0 spiro atoms. The minimum absolute atomic E-state index is 0.0958. The summed E-state index contributed by atoms with van der Waals surface area (Å²) in [5, 5.41) is 12.1. The SMILES string of the molecule is CCO[C@H]1C[C@@](NC(=O)c2c[nH]c(=O)n(C)c2=O)(C(=O)O)C1(C)C. The number of carbonyl (C=O) groups is 2. The summed E-state index contributed by atoms with van der Waals surface area (Å²) in [6.45, 7) is 5.62. The zero-order valence-electron chi connectivity index (χ0n) is 14.0. The second-order valence-electron chi connectivity index (χ2n) is 6.41. The summed E-state index contributed by atoms with van der Waals surface area (Å²) in [4.78, 5) is 49.9. The van der Waals surface area contributed by atoms with Gasteiger partial charge in [-0.25, -0.2) is 9.59 Å². The highest BCUT2D eigenvalue weighted by Crippen LogP contribution is 2.51. The number of amides is 1. The molecule has 132 valence electrons. The minimum Gasteiger partial charge on any atom is -0.479 e. The first-order chi connectivity index (χ1) is 11.1. The Hall–Kier alpha value is -2.42. The van der Waals surface area contributed by atoms with Crippen molar-refractivity contribution >= 4 is 11.9 Å². The van der Waals surface area contributed by atoms with Crippen LogP contribution in [0, 0.1) is 5.41 Å². The van der Waals surface area contributed by atoms with Crippen molar-refractivity contribution in [2.75, 3.05) is 6.61 Å². The zero-order valence-corrected chi connectivity index (χ0v) is 14.0. The highest BCUT2D eigenvalue weighted by atomic mass is 16.5.